The van der Waals surface area contributed by atoms with Crippen LogP contribution < -0.4 is 0 Å². The summed E-state index contributed by atoms with van der Waals surface area (Å²) in [4.78, 5) is 23.0. The van der Waals surface area contributed by atoms with Crippen molar-refractivity contribution in [3.63, 3.8) is 0 Å². The Kier molecular flexibility index (Phi) is 9.35. The van der Waals surface area contributed by atoms with Gasteiger partial charge in [-0.3, -0.25) is 9.59 Å². The highest BCUT2D eigenvalue weighted by Crippen LogP contribution is 2.22. The molecule has 3 heteroatoms. The predicted molar refractivity (Wildman–Crippen MR) is 80.5 cm³/mol. The minimum absolute atomic E-state index is 0.199. The van der Waals surface area contributed by atoms with Gasteiger partial charge in [-0.25, -0.2) is 0 Å². The maximum absolute atomic E-state index is 12.3. The van der Waals surface area contributed by atoms with Crippen molar-refractivity contribution < 1.29 is 14.3 Å². The van der Waals surface area contributed by atoms with Gasteiger partial charge in [-0.1, -0.05) is 44.9 Å². The van der Waals surface area contributed by atoms with Crippen LogP contribution in [0.25, 0.3) is 0 Å². The lowest BCUT2D eigenvalue weighted by atomic mass is 9.88. The fourth-order valence-corrected chi connectivity index (χ4v) is 2.97. The molecule has 116 valence electrons. The quantitative estimate of drug-likeness (QED) is 0.566. The Morgan fingerprint density at radius 2 is 1.65 bits per heavy atom. The first-order valence-electron chi connectivity index (χ1n) is 8.36. The molecule has 0 saturated heterocycles. The summed E-state index contributed by atoms with van der Waals surface area (Å²) in [6.07, 6.45) is 13.4. The summed E-state index contributed by atoms with van der Waals surface area (Å²) in [5.74, 6) is 0.411. The van der Waals surface area contributed by atoms with Crippen LogP contribution in [0.5, 0.6) is 0 Å². The van der Waals surface area contributed by atoms with Crippen LogP contribution in [0.15, 0.2) is 0 Å². The van der Waals surface area contributed by atoms with Crippen molar-refractivity contribution in [3.8, 4) is 0 Å². The highest BCUT2D eigenvalue weighted by atomic mass is 16.5. The first-order chi connectivity index (χ1) is 9.70. The third kappa shape index (κ3) is 8.34. The molecular formula is C17H30O3. The second-order valence-electron chi connectivity index (χ2n) is 6.01. The zero-order chi connectivity index (χ0) is 14.6. The van der Waals surface area contributed by atoms with Gasteiger partial charge in [0, 0.05) is 19.3 Å². The molecule has 0 aromatic rings. The normalized spacial score (nSPS) is 22.6. The highest BCUT2D eigenvalue weighted by molar-refractivity contribution is 5.80. The summed E-state index contributed by atoms with van der Waals surface area (Å²) < 4.78 is 4.96. The Morgan fingerprint density at radius 1 is 1.05 bits per heavy atom. The lowest BCUT2D eigenvalue weighted by Crippen LogP contribution is -2.16. The molecule has 0 aromatic carbocycles. The Labute approximate surface area is 123 Å². The summed E-state index contributed by atoms with van der Waals surface area (Å²) >= 11 is 0. The first-order valence-corrected chi connectivity index (χ1v) is 8.36. The molecule has 1 saturated carbocycles. The second-order valence-corrected chi connectivity index (χ2v) is 6.01. The Bertz CT molecular complexity index is 286. The standard InChI is InChI=1S/C17H30O3/c1-15(18)20-14-10-12-16-11-8-6-4-2-3-5-7-9-13-17(16)19/h16H,2-14H2,1H3. The van der Waals surface area contributed by atoms with Crippen molar-refractivity contribution in [1.82, 2.24) is 0 Å². The number of Topliss-reactive ketones (excluding diaryl/α,β-unsaturated/α-hetero) is 1. The minimum atomic E-state index is -0.227. The molecule has 0 spiro atoms. The molecule has 1 aliphatic rings. The highest BCUT2D eigenvalue weighted by Gasteiger charge is 2.17. The SMILES string of the molecule is CC(=O)OCCCC1CCCCCCCCCCC1=O. The Hall–Kier alpha value is -0.860. The molecule has 1 rings (SSSR count). The molecule has 0 radical (unpaired) electrons. The first kappa shape index (κ1) is 17.2. The number of esters is 1. The molecule has 3 nitrogen and oxygen atoms in total. The van der Waals surface area contributed by atoms with Gasteiger partial charge in [0.1, 0.15) is 5.78 Å². The topological polar surface area (TPSA) is 43.4 Å². The van der Waals surface area contributed by atoms with E-state index in [1.54, 1.807) is 0 Å². The van der Waals surface area contributed by atoms with Crippen LogP contribution in [0, 0.1) is 5.92 Å². The number of carbonyl (C=O) groups excluding carboxylic acids is 2. The van der Waals surface area contributed by atoms with Gasteiger partial charge in [0.05, 0.1) is 6.61 Å². The van der Waals surface area contributed by atoms with Gasteiger partial charge in [-0.05, 0) is 25.7 Å². The van der Waals surface area contributed by atoms with Crippen LogP contribution in [0.3, 0.4) is 0 Å². The van der Waals surface area contributed by atoms with Gasteiger partial charge in [-0.2, -0.15) is 0 Å². The lowest BCUT2D eigenvalue weighted by Gasteiger charge is -2.16. The molecule has 1 atom stereocenters. The van der Waals surface area contributed by atoms with E-state index in [1.807, 2.05) is 0 Å². The van der Waals surface area contributed by atoms with E-state index in [1.165, 1.54) is 51.9 Å². The van der Waals surface area contributed by atoms with Gasteiger partial charge in [0.25, 0.3) is 0 Å². The van der Waals surface area contributed by atoms with Gasteiger partial charge in [-0.15, -0.1) is 0 Å². The number of rotatable bonds is 4. The van der Waals surface area contributed by atoms with E-state index in [4.69, 9.17) is 4.74 Å². The van der Waals surface area contributed by atoms with Gasteiger partial charge in [0.15, 0.2) is 0 Å². The smallest absolute Gasteiger partial charge is 0.302 e. The van der Waals surface area contributed by atoms with E-state index < -0.39 is 0 Å². The summed E-state index contributed by atoms with van der Waals surface area (Å²) in [7, 11) is 0. The fourth-order valence-electron chi connectivity index (χ4n) is 2.97. The Morgan fingerprint density at radius 3 is 2.30 bits per heavy atom. The number of carbonyl (C=O) groups is 2. The maximum atomic E-state index is 12.3. The molecule has 0 amide bonds. The molecular weight excluding hydrogens is 252 g/mol. The van der Waals surface area contributed by atoms with Gasteiger partial charge in [0.2, 0.25) is 0 Å². The van der Waals surface area contributed by atoms with Crippen LogP contribution in [0.4, 0.5) is 0 Å². The van der Waals surface area contributed by atoms with Crippen molar-refractivity contribution in [2.45, 2.75) is 84.0 Å². The summed E-state index contributed by atoms with van der Waals surface area (Å²) in [5.41, 5.74) is 0. The van der Waals surface area contributed by atoms with E-state index in [0.717, 1.165) is 32.1 Å². The van der Waals surface area contributed by atoms with E-state index in [2.05, 4.69) is 0 Å². The average Bonchev–Trinajstić information content (AvgIpc) is 2.40. The summed E-state index contributed by atoms with van der Waals surface area (Å²) in [6, 6.07) is 0. The van der Waals surface area contributed by atoms with E-state index in [-0.39, 0.29) is 11.9 Å². The minimum Gasteiger partial charge on any atom is -0.466 e. The molecule has 1 aliphatic carbocycles. The Balaban J connectivity index is 2.32. The predicted octanol–water partition coefficient (Wildman–Crippen LogP) is 4.43. The number of ether oxygens (including phenoxy) is 1. The van der Waals surface area contributed by atoms with Crippen molar-refractivity contribution >= 4 is 11.8 Å². The molecule has 0 aromatic heterocycles. The molecule has 0 aliphatic heterocycles. The van der Waals surface area contributed by atoms with E-state index >= 15 is 0 Å². The fraction of sp³-hybridized carbons (Fsp3) is 0.882. The van der Waals surface area contributed by atoms with Gasteiger partial charge >= 0.3 is 5.97 Å². The van der Waals surface area contributed by atoms with Crippen molar-refractivity contribution in [2.24, 2.45) is 5.92 Å². The molecule has 0 N–H and O–H groups in total. The molecule has 0 heterocycles. The maximum Gasteiger partial charge on any atom is 0.302 e. The third-order valence-corrected chi connectivity index (χ3v) is 4.18. The van der Waals surface area contributed by atoms with Crippen molar-refractivity contribution in [3.05, 3.63) is 0 Å². The molecule has 1 fully saturated rings. The molecule has 20 heavy (non-hydrogen) atoms. The third-order valence-electron chi connectivity index (χ3n) is 4.18. The van der Waals surface area contributed by atoms with Crippen molar-refractivity contribution in [2.75, 3.05) is 6.61 Å². The zero-order valence-corrected chi connectivity index (χ0v) is 13.0. The van der Waals surface area contributed by atoms with E-state index in [0.29, 0.717) is 12.4 Å². The number of hydrogen-bond donors (Lipinski definition) is 0. The van der Waals surface area contributed by atoms with Crippen LogP contribution in [0.2, 0.25) is 0 Å². The van der Waals surface area contributed by atoms with Crippen LogP contribution >= 0.6 is 0 Å². The average molecular weight is 282 g/mol. The second kappa shape index (κ2) is 10.9. The number of ketones is 1. The van der Waals surface area contributed by atoms with Gasteiger partial charge < -0.3 is 4.74 Å². The van der Waals surface area contributed by atoms with Crippen molar-refractivity contribution in [1.29, 1.82) is 0 Å². The van der Waals surface area contributed by atoms with Crippen LogP contribution in [-0.2, 0) is 14.3 Å². The zero-order valence-electron chi connectivity index (χ0n) is 13.0. The summed E-state index contributed by atoms with van der Waals surface area (Å²) in [5, 5.41) is 0. The molecule has 1 unspecified atom stereocenters. The van der Waals surface area contributed by atoms with Crippen LogP contribution in [-0.4, -0.2) is 18.4 Å². The molecule has 0 bridgehead atoms. The lowest BCUT2D eigenvalue weighted by molar-refractivity contribution is -0.141. The monoisotopic (exact) mass is 282 g/mol. The van der Waals surface area contributed by atoms with Crippen LogP contribution in [0.1, 0.15) is 84.0 Å². The summed E-state index contributed by atoms with van der Waals surface area (Å²) in [6.45, 7) is 1.89. The largest absolute Gasteiger partial charge is 0.466 e. The number of hydrogen-bond acceptors (Lipinski definition) is 3. The van der Waals surface area contributed by atoms with E-state index in [9.17, 15) is 9.59 Å².